The molecule has 0 bridgehead atoms. The van der Waals surface area contributed by atoms with Crippen molar-refractivity contribution < 1.29 is 23.8 Å². The quantitative estimate of drug-likeness (QED) is 0.600. The molecular weight excluding hydrogens is 408 g/mol. The van der Waals surface area contributed by atoms with Gasteiger partial charge in [0.2, 0.25) is 0 Å². The summed E-state index contributed by atoms with van der Waals surface area (Å²) in [7, 11) is 1.36. The summed E-state index contributed by atoms with van der Waals surface area (Å²) < 4.78 is 16.5. The van der Waals surface area contributed by atoms with Crippen molar-refractivity contribution in [1.82, 2.24) is 4.90 Å². The molecule has 1 heterocycles. The summed E-state index contributed by atoms with van der Waals surface area (Å²) in [5.74, 6) is 0.916. The van der Waals surface area contributed by atoms with E-state index in [4.69, 9.17) is 14.2 Å². The highest BCUT2D eigenvalue weighted by atomic mass is 16.5. The van der Waals surface area contributed by atoms with Crippen molar-refractivity contribution in [3.05, 3.63) is 53.1 Å². The van der Waals surface area contributed by atoms with Crippen LogP contribution in [0.3, 0.4) is 0 Å². The standard InChI is InChI=1S/C25H32N2O5/c1-5-17-8-10-19(11-9-17)26-25(29)27-13-12-18-14-22(31-6-2)23(32-7-3)15-20(18)21(27)16-24(28)30-4/h8-11,14-15,21H,5-7,12-13,16H2,1-4H3,(H,26,29)/t21-/m1/s1. The molecule has 7 heteroatoms. The van der Waals surface area contributed by atoms with Gasteiger partial charge in [0.15, 0.2) is 11.5 Å². The highest BCUT2D eigenvalue weighted by Gasteiger charge is 2.34. The predicted octanol–water partition coefficient (Wildman–Crippen LogP) is 4.74. The Morgan fingerprint density at radius 1 is 1.03 bits per heavy atom. The molecule has 3 rings (SSSR count). The monoisotopic (exact) mass is 440 g/mol. The lowest BCUT2D eigenvalue weighted by atomic mass is 9.90. The molecule has 172 valence electrons. The van der Waals surface area contributed by atoms with Crippen LogP contribution in [0.1, 0.15) is 49.9 Å². The Kier molecular flexibility index (Phi) is 7.98. The Bertz CT molecular complexity index is 942. The second-order valence-electron chi connectivity index (χ2n) is 7.58. The van der Waals surface area contributed by atoms with Gasteiger partial charge in [-0.3, -0.25) is 4.79 Å². The molecule has 0 aromatic heterocycles. The highest BCUT2D eigenvalue weighted by Crippen LogP contribution is 2.40. The SMILES string of the molecule is CCOc1cc2c(cc1OCC)[C@@H](CC(=O)OC)N(C(=O)Nc1ccc(CC)cc1)CC2. The molecule has 0 radical (unpaired) electrons. The van der Waals surface area contributed by atoms with E-state index >= 15 is 0 Å². The average Bonchev–Trinajstić information content (AvgIpc) is 2.80. The molecule has 1 atom stereocenters. The number of anilines is 1. The maximum atomic E-state index is 13.2. The maximum Gasteiger partial charge on any atom is 0.322 e. The molecule has 0 unspecified atom stereocenters. The summed E-state index contributed by atoms with van der Waals surface area (Å²) in [6.07, 6.45) is 1.65. The Hall–Kier alpha value is -3.22. The first-order chi connectivity index (χ1) is 15.5. The topological polar surface area (TPSA) is 77.1 Å². The van der Waals surface area contributed by atoms with E-state index in [1.807, 2.05) is 50.2 Å². The van der Waals surface area contributed by atoms with Gasteiger partial charge < -0.3 is 24.4 Å². The number of urea groups is 1. The Labute approximate surface area is 189 Å². The van der Waals surface area contributed by atoms with Crippen LogP contribution in [0.2, 0.25) is 0 Å². The molecule has 1 aliphatic heterocycles. The van der Waals surface area contributed by atoms with E-state index in [1.54, 1.807) is 4.90 Å². The molecule has 0 spiro atoms. The van der Waals surface area contributed by atoms with Crippen molar-refractivity contribution in [3.63, 3.8) is 0 Å². The first kappa shape index (κ1) is 23.4. The number of nitrogens with one attached hydrogen (secondary N) is 1. The zero-order valence-corrected chi connectivity index (χ0v) is 19.3. The van der Waals surface area contributed by atoms with Gasteiger partial charge in [0.1, 0.15) is 0 Å². The minimum Gasteiger partial charge on any atom is -0.490 e. The van der Waals surface area contributed by atoms with Crippen LogP contribution in [0.4, 0.5) is 10.5 Å². The fraction of sp³-hybridized carbons (Fsp3) is 0.440. The van der Waals surface area contributed by atoms with Gasteiger partial charge in [-0.15, -0.1) is 0 Å². The molecule has 0 saturated carbocycles. The number of carbonyl (C=O) groups excluding carboxylic acids is 2. The number of ether oxygens (including phenoxy) is 3. The molecule has 1 aliphatic rings. The molecule has 2 aromatic carbocycles. The highest BCUT2D eigenvalue weighted by molar-refractivity contribution is 5.90. The number of amides is 2. The molecule has 32 heavy (non-hydrogen) atoms. The number of hydrogen-bond acceptors (Lipinski definition) is 5. The number of aryl methyl sites for hydroxylation is 1. The minimum absolute atomic E-state index is 0.0608. The number of esters is 1. The third kappa shape index (κ3) is 5.33. The number of benzene rings is 2. The van der Waals surface area contributed by atoms with Gasteiger partial charge in [0.25, 0.3) is 0 Å². The van der Waals surface area contributed by atoms with Crippen molar-refractivity contribution >= 4 is 17.7 Å². The predicted molar refractivity (Wildman–Crippen MR) is 123 cm³/mol. The molecule has 7 nitrogen and oxygen atoms in total. The van der Waals surface area contributed by atoms with Crippen LogP contribution in [-0.2, 0) is 22.4 Å². The lowest BCUT2D eigenvalue weighted by molar-refractivity contribution is -0.141. The summed E-state index contributed by atoms with van der Waals surface area (Å²) in [5, 5.41) is 2.97. The fourth-order valence-corrected chi connectivity index (χ4v) is 3.97. The Morgan fingerprint density at radius 2 is 1.69 bits per heavy atom. The largest absolute Gasteiger partial charge is 0.490 e. The minimum atomic E-state index is -0.462. The first-order valence-electron chi connectivity index (χ1n) is 11.2. The molecule has 1 N–H and O–H groups in total. The van der Waals surface area contributed by atoms with E-state index in [-0.39, 0.29) is 18.4 Å². The van der Waals surface area contributed by atoms with Crippen molar-refractivity contribution in [2.24, 2.45) is 0 Å². The number of fused-ring (bicyclic) bond motifs is 1. The molecule has 2 amide bonds. The molecule has 0 fully saturated rings. The number of hydrogen-bond donors (Lipinski definition) is 1. The molecule has 0 saturated heterocycles. The van der Waals surface area contributed by atoms with Gasteiger partial charge in [0, 0.05) is 12.2 Å². The molecule has 2 aromatic rings. The summed E-state index contributed by atoms with van der Waals surface area (Å²) in [5.41, 5.74) is 3.84. The lowest BCUT2D eigenvalue weighted by Crippen LogP contribution is -2.43. The first-order valence-corrected chi connectivity index (χ1v) is 11.2. The van der Waals surface area contributed by atoms with E-state index in [9.17, 15) is 9.59 Å². The lowest BCUT2D eigenvalue weighted by Gasteiger charge is -2.37. The normalized spacial score (nSPS) is 15.0. The van der Waals surface area contributed by atoms with E-state index in [1.165, 1.54) is 12.7 Å². The van der Waals surface area contributed by atoms with Crippen LogP contribution in [0.15, 0.2) is 36.4 Å². The number of methoxy groups -OCH3 is 1. The van der Waals surface area contributed by atoms with Gasteiger partial charge in [-0.1, -0.05) is 19.1 Å². The van der Waals surface area contributed by atoms with Crippen LogP contribution in [-0.4, -0.2) is 43.8 Å². The Morgan fingerprint density at radius 3 is 2.28 bits per heavy atom. The van der Waals surface area contributed by atoms with Crippen LogP contribution in [0, 0.1) is 0 Å². The van der Waals surface area contributed by atoms with Gasteiger partial charge in [-0.25, -0.2) is 4.79 Å². The Balaban J connectivity index is 1.92. The zero-order chi connectivity index (χ0) is 23.1. The van der Waals surface area contributed by atoms with Crippen molar-refractivity contribution in [2.75, 3.05) is 32.2 Å². The summed E-state index contributed by atoms with van der Waals surface area (Å²) >= 11 is 0. The van der Waals surface area contributed by atoms with Crippen LogP contribution < -0.4 is 14.8 Å². The number of carbonyl (C=O) groups is 2. The third-order valence-electron chi connectivity index (χ3n) is 5.62. The van der Waals surface area contributed by atoms with E-state index in [0.717, 1.165) is 23.2 Å². The number of nitrogens with zero attached hydrogens (tertiary/aromatic N) is 1. The molecule has 0 aliphatic carbocycles. The maximum absolute atomic E-state index is 13.2. The van der Waals surface area contributed by atoms with E-state index in [0.29, 0.717) is 37.7 Å². The van der Waals surface area contributed by atoms with Gasteiger partial charge in [0.05, 0.1) is 32.8 Å². The van der Waals surface area contributed by atoms with E-state index in [2.05, 4.69) is 12.2 Å². The van der Waals surface area contributed by atoms with Crippen molar-refractivity contribution in [2.45, 2.75) is 46.1 Å². The smallest absolute Gasteiger partial charge is 0.322 e. The zero-order valence-electron chi connectivity index (χ0n) is 19.3. The van der Waals surface area contributed by atoms with Gasteiger partial charge in [-0.2, -0.15) is 0 Å². The summed E-state index contributed by atoms with van der Waals surface area (Å²) in [4.78, 5) is 27.1. The summed E-state index contributed by atoms with van der Waals surface area (Å²) in [6.45, 7) is 7.41. The average molecular weight is 441 g/mol. The number of rotatable bonds is 8. The van der Waals surface area contributed by atoms with Crippen molar-refractivity contribution in [1.29, 1.82) is 0 Å². The van der Waals surface area contributed by atoms with Crippen molar-refractivity contribution in [3.8, 4) is 11.5 Å². The second kappa shape index (κ2) is 10.9. The summed E-state index contributed by atoms with van der Waals surface area (Å²) in [6, 6.07) is 10.9. The third-order valence-corrected chi connectivity index (χ3v) is 5.62. The van der Waals surface area contributed by atoms with Gasteiger partial charge in [-0.05, 0) is 67.6 Å². The van der Waals surface area contributed by atoms with Crippen LogP contribution in [0.5, 0.6) is 11.5 Å². The molecular formula is C25H32N2O5. The van der Waals surface area contributed by atoms with E-state index < -0.39 is 6.04 Å². The fourth-order valence-electron chi connectivity index (χ4n) is 3.97. The second-order valence-corrected chi connectivity index (χ2v) is 7.58. The van der Waals surface area contributed by atoms with Gasteiger partial charge >= 0.3 is 12.0 Å². The van der Waals surface area contributed by atoms with Crippen LogP contribution in [0.25, 0.3) is 0 Å². The van der Waals surface area contributed by atoms with Crippen LogP contribution >= 0.6 is 0 Å².